The van der Waals surface area contributed by atoms with E-state index < -0.39 is 0 Å². The number of pyridine rings is 1. The van der Waals surface area contributed by atoms with Gasteiger partial charge >= 0.3 is 0 Å². The van der Waals surface area contributed by atoms with Crippen molar-refractivity contribution in [3.63, 3.8) is 0 Å². The molecule has 0 unspecified atom stereocenters. The average Bonchev–Trinajstić information content (AvgIpc) is 2.79. The summed E-state index contributed by atoms with van der Waals surface area (Å²) in [7, 11) is 0. The Balaban J connectivity index is 2.27. The SMILES string of the molecule is Cc1cc2cc(CCCN)oc2c2ccc(=O)[nH]c12. The Bertz CT molecular complexity index is 799. The lowest BCUT2D eigenvalue weighted by Crippen LogP contribution is -2.03. The Morgan fingerprint density at radius 2 is 2.16 bits per heavy atom. The highest BCUT2D eigenvalue weighted by atomic mass is 16.3. The largest absolute Gasteiger partial charge is 0.460 e. The lowest BCUT2D eigenvalue weighted by Gasteiger charge is -2.02. The summed E-state index contributed by atoms with van der Waals surface area (Å²) in [5.41, 5.74) is 8.16. The molecule has 0 fully saturated rings. The molecular weight excluding hydrogens is 240 g/mol. The fraction of sp³-hybridized carbons (Fsp3) is 0.267. The van der Waals surface area contributed by atoms with Crippen molar-refractivity contribution in [3.05, 3.63) is 45.9 Å². The van der Waals surface area contributed by atoms with Gasteiger partial charge in [-0.15, -0.1) is 0 Å². The van der Waals surface area contributed by atoms with Crippen LogP contribution in [0.5, 0.6) is 0 Å². The third-order valence-electron chi connectivity index (χ3n) is 3.37. The van der Waals surface area contributed by atoms with Crippen LogP contribution in [-0.4, -0.2) is 11.5 Å². The van der Waals surface area contributed by atoms with Crippen molar-refractivity contribution in [2.75, 3.05) is 6.54 Å². The molecule has 2 heterocycles. The molecule has 3 N–H and O–H groups in total. The van der Waals surface area contributed by atoms with E-state index >= 15 is 0 Å². The number of hydrogen-bond acceptors (Lipinski definition) is 3. The van der Waals surface area contributed by atoms with E-state index in [1.807, 2.05) is 19.1 Å². The Labute approximate surface area is 110 Å². The summed E-state index contributed by atoms with van der Waals surface area (Å²) < 4.78 is 5.90. The van der Waals surface area contributed by atoms with Crippen LogP contribution in [0.4, 0.5) is 0 Å². The first-order valence-electron chi connectivity index (χ1n) is 6.44. The quantitative estimate of drug-likeness (QED) is 0.756. The van der Waals surface area contributed by atoms with E-state index in [0.717, 1.165) is 46.0 Å². The summed E-state index contributed by atoms with van der Waals surface area (Å²) in [5, 5.41) is 2.03. The van der Waals surface area contributed by atoms with Gasteiger partial charge in [-0.05, 0) is 43.7 Å². The summed E-state index contributed by atoms with van der Waals surface area (Å²) in [6, 6.07) is 7.45. The number of nitrogens with one attached hydrogen (secondary N) is 1. The second-order valence-corrected chi connectivity index (χ2v) is 4.83. The minimum absolute atomic E-state index is 0.0927. The van der Waals surface area contributed by atoms with Crippen LogP contribution >= 0.6 is 0 Å². The Morgan fingerprint density at radius 3 is 2.95 bits per heavy atom. The van der Waals surface area contributed by atoms with Gasteiger partial charge in [0.25, 0.3) is 0 Å². The Hall–Kier alpha value is -2.07. The number of aryl methyl sites for hydroxylation is 2. The lowest BCUT2D eigenvalue weighted by molar-refractivity contribution is 0.542. The van der Waals surface area contributed by atoms with Crippen LogP contribution in [0, 0.1) is 6.92 Å². The Kier molecular flexibility index (Phi) is 2.87. The number of fused-ring (bicyclic) bond motifs is 3. The van der Waals surface area contributed by atoms with Crippen LogP contribution in [0.1, 0.15) is 17.7 Å². The van der Waals surface area contributed by atoms with Crippen molar-refractivity contribution in [1.82, 2.24) is 4.98 Å². The molecule has 0 bridgehead atoms. The van der Waals surface area contributed by atoms with Crippen LogP contribution in [-0.2, 0) is 6.42 Å². The molecule has 98 valence electrons. The molecule has 3 aromatic rings. The van der Waals surface area contributed by atoms with Gasteiger partial charge in [0.2, 0.25) is 5.56 Å². The van der Waals surface area contributed by atoms with Crippen LogP contribution in [0.2, 0.25) is 0 Å². The maximum Gasteiger partial charge on any atom is 0.248 e. The predicted molar refractivity (Wildman–Crippen MR) is 76.5 cm³/mol. The fourth-order valence-corrected chi connectivity index (χ4v) is 2.46. The van der Waals surface area contributed by atoms with E-state index in [1.54, 1.807) is 0 Å². The van der Waals surface area contributed by atoms with Crippen molar-refractivity contribution < 1.29 is 4.42 Å². The van der Waals surface area contributed by atoms with Crippen molar-refractivity contribution in [1.29, 1.82) is 0 Å². The van der Waals surface area contributed by atoms with Gasteiger partial charge in [-0.1, -0.05) is 0 Å². The zero-order valence-corrected chi connectivity index (χ0v) is 10.8. The standard InChI is InChI=1S/C15H16N2O2/c1-9-7-10-8-11(3-2-6-16)19-15(10)12-4-5-13(18)17-14(9)12/h4-5,7-8H,2-3,6,16H2,1H3,(H,17,18). The number of nitrogens with two attached hydrogens (primary N) is 1. The van der Waals surface area contributed by atoms with Gasteiger partial charge in [0, 0.05) is 23.3 Å². The molecular formula is C15H16N2O2. The zero-order valence-electron chi connectivity index (χ0n) is 10.8. The third-order valence-corrected chi connectivity index (χ3v) is 3.37. The summed E-state index contributed by atoms with van der Waals surface area (Å²) >= 11 is 0. The molecule has 19 heavy (non-hydrogen) atoms. The van der Waals surface area contributed by atoms with Crippen molar-refractivity contribution in [2.24, 2.45) is 5.73 Å². The van der Waals surface area contributed by atoms with E-state index in [9.17, 15) is 4.79 Å². The number of aromatic nitrogens is 1. The van der Waals surface area contributed by atoms with E-state index in [2.05, 4.69) is 11.1 Å². The molecule has 0 amide bonds. The van der Waals surface area contributed by atoms with Gasteiger partial charge < -0.3 is 15.1 Å². The molecule has 0 saturated carbocycles. The molecule has 0 spiro atoms. The van der Waals surface area contributed by atoms with Crippen molar-refractivity contribution in [3.8, 4) is 0 Å². The maximum atomic E-state index is 11.4. The molecule has 0 aliphatic rings. The zero-order chi connectivity index (χ0) is 13.4. The third kappa shape index (κ3) is 2.04. The topological polar surface area (TPSA) is 72.0 Å². The van der Waals surface area contributed by atoms with E-state index in [-0.39, 0.29) is 5.56 Å². The molecule has 2 aromatic heterocycles. The molecule has 1 aromatic carbocycles. The van der Waals surface area contributed by atoms with Gasteiger partial charge in [-0.2, -0.15) is 0 Å². The van der Waals surface area contributed by atoms with Crippen molar-refractivity contribution in [2.45, 2.75) is 19.8 Å². The minimum atomic E-state index is -0.0927. The molecule has 0 aliphatic carbocycles. The average molecular weight is 256 g/mol. The first kappa shape index (κ1) is 12.0. The lowest BCUT2D eigenvalue weighted by atomic mass is 10.1. The van der Waals surface area contributed by atoms with Crippen LogP contribution in [0.25, 0.3) is 21.9 Å². The molecule has 0 aliphatic heterocycles. The first-order chi connectivity index (χ1) is 9.19. The summed E-state index contributed by atoms with van der Waals surface area (Å²) in [5.74, 6) is 0.943. The van der Waals surface area contributed by atoms with Gasteiger partial charge in [0.1, 0.15) is 11.3 Å². The van der Waals surface area contributed by atoms with Crippen LogP contribution < -0.4 is 11.3 Å². The molecule has 0 saturated heterocycles. The summed E-state index contributed by atoms with van der Waals surface area (Å²) in [6.07, 6.45) is 1.75. The fourth-order valence-electron chi connectivity index (χ4n) is 2.46. The number of rotatable bonds is 3. The number of H-pyrrole nitrogens is 1. The second kappa shape index (κ2) is 4.55. The number of aromatic amines is 1. The minimum Gasteiger partial charge on any atom is -0.460 e. The number of furan rings is 1. The number of benzene rings is 1. The van der Waals surface area contributed by atoms with Gasteiger partial charge in [-0.25, -0.2) is 0 Å². The first-order valence-corrected chi connectivity index (χ1v) is 6.44. The smallest absolute Gasteiger partial charge is 0.248 e. The summed E-state index contributed by atoms with van der Waals surface area (Å²) in [4.78, 5) is 14.3. The molecule has 4 nitrogen and oxygen atoms in total. The van der Waals surface area contributed by atoms with E-state index in [4.69, 9.17) is 10.2 Å². The van der Waals surface area contributed by atoms with Crippen molar-refractivity contribution >= 4 is 21.9 Å². The molecule has 0 radical (unpaired) electrons. The van der Waals surface area contributed by atoms with E-state index in [0.29, 0.717) is 6.54 Å². The predicted octanol–water partition coefficient (Wildman–Crippen LogP) is 2.47. The maximum absolute atomic E-state index is 11.4. The van der Waals surface area contributed by atoms with Crippen LogP contribution in [0.15, 0.2) is 33.5 Å². The highest BCUT2D eigenvalue weighted by Gasteiger charge is 2.10. The normalized spacial score (nSPS) is 11.5. The van der Waals surface area contributed by atoms with E-state index in [1.165, 1.54) is 6.07 Å². The molecule has 0 atom stereocenters. The molecule has 3 rings (SSSR count). The number of hydrogen-bond donors (Lipinski definition) is 2. The highest BCUT2D eigenvalue weighted by molar-refractivity contribution is 6.04. The highest BCUT2D eigenvalue weighted by Crippen LogP contribution is 2.29. The van der Waals surface area contributed by atoms with Gasteiger partial charge in [-0.3, -0.25) is 4.79 Å². The monoisotopic (exact) mass is 256 g/mol. The molecule has 4 heteroatoms. The van der Waals surface area contributed by atoms with Gasteiger partial charge in [0.15, 0.2) is 0 Å². The Morgan fingerprint density at radius 1 is 1.32 bits per heavy atom. The second-order valence-electron chi connectivity index (χ2n) is 4.83. The van der Waals surface area contributed by atoms with Crippen LogP contribution in [0.3, 0.4) is 0 Å². The summed E-state index contributed by atoms with van der Waals surface area (Å²) in [6.45, 7) is 2.65. The van der Waals surface area contributed by atoms with Gasteiger partial charge in [0.05, 0.1) is 5.52 Å².